The van der Waals surface area contributed by atoms with Gasteiger partial charge in [-0.15, -0.1) is 5.10 Å². The van der Waals surface area contributed by atoms with Crippen LogP contribution in [-0.2, 0) is 0 Å². The Balaban J connectivity index is 1.95. The first-order chi connectivity index (χ1) is 15.0. The van der Waals surface area contributed by atoms with E-state index in [4.69, 9.17) is 31.5 Å². The van der Waals surface area contributed by atoms with Crippen LogP contribution < -0.4 is 19.9 Å². The Morgan fingerprint density at radius 2 is 2.10 bits per heavy atom. The number of nitrogens with two attached hydrogens (primary N) is 1. The van der Waals surface area contributed by atoms with Crippen molar-refractivity contribution in [2.75, 3.05) is 13.7 Å². The molecule has 0 unspecified atom stereocenters. The van der Waals surface area contributed by atoms with Gasteiger partial charge in [0.2, 0.25) is 11.8 Å². The van der Waals surface area contributed by atoms with Crippen LogP contribution >= 0.6 is 11.6 Å². The number of nitriles is 1. The third-order valence-corrected chi connectivity index (χ3v) is 5.31. The van der Waals surface area contributed by atoms with E-state index in [1.807, 2.05) is 13.0 Å². The SMILES string of the molecule is CCOc1ccc(-c2[nH]nc3c2[C@H](c2c(F)cccc2Cl)C(C#N)=C(N)O3)cc1OC. The maximum atomic E-state index is 14.9. The average molecular weight is 441 g/mol. The van der Waals surface area contributed by atoms with Crippen molar-refractivity contribution in [1.29, 1.82) is 5.26 Å². The van der Waals surface area contributed by atoms with Crippen molar-refractivity contribution in [3.05, 3.63) is 69.8 Å². The molecule has 0 saturated carbocycles. The Kier molecular flexibility index (Phi) is 5.44. The van der Waals surface area contributed by atoms with Crippen LogP contribution in [0.5, 0.6) is 17.4 Å². The Bertz CT molecular complexity index is 1210. The van der Waals surface area contributed by atoms with Crippen molar-refractivity contribution in [2.24, 2.45) is 5.73 Å². The van der Waals surface area contributed by atoms with Gasteiger partial charge in [-0.1, -0.05) is 17.7 Å². The number of benzene rings is 2. The Labute approximate surface area is 182 Å². The van der Waals surface area contributed by atoms with E-state index in [1.54, 1.807) is 24.3 Å². The number of aromatic amines is 1. The highest BCUT2D eigenvalue weighted by Gasteiger charge is 2.38. The molecule has 0 aliphatic carbocycles. The third-order valence-electron chi connectivity index (χ3n) is 4.98. The fourth-order valence-corrected chi connectivity index (χ4v) is 3.91. The fraction of sp³-hybridized carbons (Fsp3) is 0.182. The van der Waals surface area contributed by atoms with Gasteiger partial charge in [-0.3, -0.25) is 5.10 Å². The number of rotatable bonds is 5. The number of nitrogens with one attached hydrogen (secondary N) is 1. The van der Waals surface area contributed by atoms with Crippen molar-refractivity contribution < 1.29 is 18.6 Å². The zero-order valence-corrected chi connectivity index (χ0v) is 17.5. The predicted molar refractivity (Wildman–Crippen MR) is 112 cm³/mol. The zero-order valence-electron chi connectivity index (χ0n) is 16.7. The van der Waals surface area contributed by atoms with Gasteiger partial charge in [-0.05, 0) is 37.3 Å². The molecule has 0 spiro atoms. The molecule has 0 saturated heterocycles. The number of halogens is 2. The Hall–Kier alpha value is -3.70. The minimum Gasteiger partial charge on any atom is -0.493 e. The van der Waals surface area contributed by atoms with E-state index in [0.717, 1.165) is 0 Å². The molecule has 1 atom stereocenters. The molecular weight excluding hydrogens is 423 g/mol. The van der Waals surface area contributed by atoms with Crippen molar-refractivity contribution in [2.45, 2.75) is 12.8 Å². The lowest BCUT2D eigenvalue weighted by Crippen LogP contribution is -2.21. The molecule has 0 bridgehead atoms. The smallest absolute Gasteiger partial charge is 0.244 e. The first-order valence-corrected chi connectivity index (χ1v) is 9.78. The fourth-order valence-electron chi connectivity index (χ4n) is 3.64. The second-order valence-corrected chi connectivity index (χ2v) is 7.08. The first kappa shape index (κ1) is 20.6. The quantitative estimate of drug-likeness (QED) is 0.605. The summed E-state index contributed by atoms with van der Waals surface area (Å²) >= 11 is 6.35. The predicted octanol–water partition coefficient (Wildman–Crippen LogP) is 4.49. The molecule has 7 nitrogen and oxygen atoms in total. The summed E-state index contributed by atoms with van der Waals surface area (Å²) in [6.45, 7) is 2.35. The van der Waals surface area contributed by atoms with Gasteiger partial charge in [0.1, 0.15) is 17.5 Å². The van der Waals surface area contributed by atoms with E-state index in [-0.39, 0.29) is 27.9 Å². The summed E-state index contributed by atoms with van der Waals surface area (Å²) in [6, 6.07) is 11.7. The van der Waals surface area contributed by atoms with Crippen molar-refractivity contribution >= 4 is 11.6 Å². The number of methoxy groups -OCH3 is 1. The maximum absolute atomic E-state index is 14.9. The van der Waals surface area contributed by atoms with Crippen molar-refractivity contribution in [3.8, 4) is 34.7 Å². The highest BCUT2D eigenvalue weighted by molar-refractivity contribution is 6.31. The standard InChI is InChI=1S/C22H18ClFN4O3/c1-3-30-15-8-7-11(9-16(15)29-2)20-19-17(18-13(23)5-4-6-14(18)24)12(10-25)21(26)31-22(19)28-27-20/h4-9,17H,3,26H2,1-2H3,(H,27,28)/t17-/m0/s1. The van der Waals surface area contributed by atoms with Gasteiger partial charge in [-0.25, -0.2) is 4.39 Å². The van der Waals surface area contributed by atoms with E-state index in [2.05, 4.69) is 10.2 Å². The molecule has 1 aliphatic heterocycles. The van der Waals surface area contributed by atoms with Crippen LogP contribution in [0.3, 0.4) is 0 Å². The Morgan fingerprint density at radius 1 is 1.29 bits per heavy atom. The number of nitrogens with zero attached hydrogens (tertiary/aromatic N) is 2. The molecule has 0 fully saturated rings. The molecule has 1 aromatic heterocycles. The molecule has 2 aromatic carbocycles. The molecule has 9 heteroatoms. The summed E-state index contributed by atoms with van der Waals surface area (Å²) < 4.78 is 31.5. The molecule has 1 aliphatic rings. The van der Waals surface area contributed by atoms with E-state index in [9.17, 15) is 9.65 Å². The topological polar surface area (TPSA) is 106 Å². The number of fused-ring (bicyclic) bond motifs is 1. The van der Waals surface area contributed by atoms with E-state index < -0.39 is 11.7 Å². The molecule has 2 heterocycles. The first-order valence-electron chi connectivity index (χ1n) is 9.41. The van der Waals surface area contributed by atoms with Gasteiger partial charge in [0.05, 0.1) is 30.9 Å². The lowest BCUT2D eigenvalue weighted by atomic mass is 9.82. The van der Waals surface area contributed by atoms with Crippen molar-refractivity contribution in [3.63, 3.8) is 0 Å². The lowest BCUT2D eigenvalue weighted by Gasteiger charge is -2.25. The molecule has 158 valence electrons. The molecular formula is C22H18ClFN4O3. The summed E-state index contributed by atoms with van der Waals surface area (Å²) in [4.78, 5) is 0. The minimum atomic E-state index is -0.909. The summed E-state index contributed by atoms with van der Waals surface area (Å²) in [5, 5.41) is 17.0. The number of H-pyrrole nitrogens is 1. The number of aromatic nitrogens is 2. The van der Waals surface area contributed by atoms with Gasteiger partial charge in [0.25, 0.3) is 0 Å². The van der Waals surface area contributed by atoms with Crippen LogP contribution in [0.1, 0.15) is 24.0 Å². The van der Waals surface area contributed by atoms with E-state index >= 15 is 0 Å². The number of ether oxygens (including phenoxy) is 3. The van der Waals surface area contributed by atoms with Gasteiger partial charge in [-0.2, -0.15) is 5.26 Å². The molecule has 0 radical (unpaired) electrons. The summed E-state index contributed by atoms with van der Waals surface area (Å²) in [7, 11) is 1.53. The number of allylic oxidation sites excluding steroid dienone is 1. The van der Waals surface area contributed by atoms with Crippen LogP contribution in [-0.4, -0.2) is 23.9 Å². The average Bonchev–Trinajstić information content (AvgIpc) is 3.17. The van der Waals surface area contributed by atoms with Crippen LogP contribution in [0.25, 0.3) is 11.3 Å². The molecule has 31 heavy (non-hydrogen) atoms. The molecule has 3 aromatic rings. The second kappa shape index (κ2) is 8.20. The zero-order chi connectivity index (χ0) is 22.1. The Morgan fingerprint density at radius 3 is 2.77 bits per heavy atom. The molecule has 4 rings (SSSR count). The van der Waals surface area contributed by atoms with Gasteiger partial charge >= 0.3 is 0 Å². The van der Waals surface area contributed by atoms with Crippen LogP contribution in [0.4, 0.5) is 4.39 Å². The normalized spacial score (nSPS) is 15.1. The van der Waals surface area contributed by atoms with Gasteiger partial charge in [0.15, 0.2) is 11.5 Å². The van der Waals surface area contributed by atoms with Gasteiger partial charge in [0, 0.05) is 16.1 Å². The maximum Gasteiger partial charge on any atom is 0.244 e. The highest BCUT2D eigenvalue weighted by Crippen LogP contribution is 2.48. The highest BCUT2D eigenvalue weighted by atomic mass is 35.5. The molecule has 3 N–H and O–H groups in total. The third kappa shape index (κ3) is 3.43. The van der Waals surface area contributed by atoms with Crippen LogP contribution in [0.2, 0.25) is 5.02 Å². The van der Waals surface area contributed by atoms with Crippen molar-refractivity contribution in [1.82, 2.24) is 10.2 Å². The van der Waals surface area contributed by atoms with Crippen LogP contribution in [0.15, 0.2) is 47.9 Å². The lowest BCUT2D eigenvalue weighted by molar-refractivity contribution is 0.311. The van der Waals surface area contributed by atoms with E-state index in [1.165, 1.54) is 19.2 Å². The molecule has 0 amide bonds. The number of hydrogen-bond donors (Lipinski definition) is 2. The summed E-state index contributed by atoms with van der Waals surface area (Å²) in [5.41, 5.74) is 7.76. The van der Waals surface area contributed by atoms with Crippen LogP contribution in [0, 0.1) is 17.1 Å². The van der Waals surface area contributed by atoms with E-state index in [0.29, 0.717) is 34.9 Å². The van der Waals surface area contributed by atoms with Gasteiger partial charge < -0.3 is 19.9 Å². The summed E-state index contributed by atoms with van der Waals surface area (Å²) in [6.07, 6.45) is 0. The number of hydrogen-bond acceptors (Lipinski definition) is 6. The monoisotopic (exact) mass is 440 g/mol. The minimum absolute atomic E-state index is 0.0417. The second-order valence-electron chi connectivity index (χ2n) is 6.68. The largest absolute Gasteiger partial charge is 0.493 e. The summed E-state index contributed by atoms with van der Waals surface area (Å²) in [5.74, 6) is -0.397.